The predicted octanol–water partition coefficient (Wildman–Crippen LogP) is 6.15. The standard InChI is InChI=1S/C23H22N2/c1-3-19-11-5-7-14-22(19)25(21-13-9-10-18(16-21)17-24)23-15-8-6-12-20(23)4-2/h5-16H,3-4H2,1-2H3. The van der Waals surface area contributed by atoms with Gasteiger partial charge < -0.3 is 4.90 Å². The first-order valence-electron chi connectivity index (χ1n) is 8.74. The third kappa shape index (κ3) is 3.41. The molecule has 0 saturated carbocycles. The van der Waals surface area contributed by atoms with E-state index in [1.165, 1.54) is 22.5 Å². The number of rotatable bonds is 5. The highest BCUT2D eigenvalue weighted by Crippen LogP contribution is 2.38. The summed E-state index contributed by atoms with van der Waals surface area (Å²) in [7, 11) is 0. The second-order valence-corrected chi connectivity index (χ2v) is 5.96. The average molecular weight is 326 g/mol. The minimum atomic E-state index is 0.672. The minimum Gasteiger partial charge on any atom is -0.310 e. The summed E-state index contributed by atoms with van der Waals surface area (Å²) in [6.45, 7) is 4.35. The first kappa shape index (κ1) is 16.8. The molecule has 0 spiro atoms. The van der Waals surface area contributed by atoms with Crippen LogP contribution in [0.25, 0.3) is 0 Å². The zero-order valence-electron chi connectivity index (χ0n) is 14.7. The molecule has 0 radical (unpaired) electrons. The molecular weight excluding hydrogens is 304 g/mol. The first-order chi connectivity index (χ1) is 12.3. The van der Waals surface area contributed by atoms with E-state index in [1.807, 2.05) is 18.2 Å². The van der Waals surface area contributed by atoms with Gasteiger partial charge in [-0.3, -0.25) is 0 Å². The fourth-order valence-electron chi connectivity index (χ4n) is 3.18. The number of nitriles is 1. The van der Waals surface area contributed by atoms with Crippen LogP contribution in [0.4, 0.5) is 17.1 Å². The monoisotopic (exact) mass is 326 g/mol. The molecule has 0 amide bonds. The molecular formula is C23H22N2. The maximum absolute atomic E-state index is 9.32. The van der Waals surface area contributed by atoms with Gasteiger partial charge >= 0.3 is 0 Å². The van der Waals surface area contributed by atoms with E-state index in [2.05, 4.69) is 79.4 Å². The Morgan fingerprint density at radius 3 is 1.84 bits per heavy atom. The number of para-hydroxylation sites is 2. The van der Waals surface area contributed by atoms with Gasteiger partial charge in [-0.25, -0.2) is 0 Å². The van der Waals surface area contributed by atoms with E-state index in [4.69, 9.17) is 0 Å². The lowest BCUT2D eigenvalue weighted by Crippen LogP contribution is -2.14. The van der Waals surface area contributed by atoms with Crippen molar-refractivity contribution in [3.8, 4) is 6.07 Å². The normalized spacial score (nSPS) is 10.3. The number of anilines is 3. The van der Waals surface area contributed by atoms with Crippen molar-refractivity contribution in [3.05, 3.63) is 89.5 Å². The SMILES string of the molecule is CCc1ccccc1N(c1cccc(C#N)c1)c1ccccc1CC. The molecule has 0 aliphatic rings. The van der Waals surface area contributed by atoms with Crippen LogP contribution in [0.5, 0.6) is 0 Å². The number of benzene rings is 3. The van der Waals surface area contributed by atoms with E-state index in [1.54, 1.807) is 0 Å². The summed E-state index contributed by atoms with van der Waals surface area (Å²) < 4.78 is 0. The van der Waals surface area contributed by atoms with Gasteiger partial charge in [-0.2, -0.15) is 5.26 Å². The highest BCUT2D eigenvalue weighted by atomic mass is 15.1. The Morgan fingerprint density at radius 2 is 1.32 bits per heavy atom. The van der Waals surface area contributed by atoms with Crippen LogP contribution in [0.1, 0.15) is 30.5 Å². The van der Waals surface area contributed by atoms with Crippen LogP contribution in [0, 0.1) is 11.3 Å². The third-order valence-electron chi connectivity index (χ3n) is 4.46. The van der Waals surface area contributed by atoms with Gasteiger partial charge in [0.25, 0.3) is 0 Å². The maximum atomic E-state index is 9.32. The molecule has 0 heterocycles. The van der Waals surface area contributed by atoms with Crippen LogP contribution in [0.3, 0.4) is 0 Å². The quantitative estimate of drug-likeness (QED) is 0.562. The number of hydrogen-bond acceptors (Lipinski definition) is 2. The fourth-order valence-corrected chi connectivity index (χ4v) is 3.18. The van der Waals surface area contributed by atoms with E-state index < -0.39 is 0 Å². The summed E-state index contributed by atoms with van der Waals surface area (Å²) in [6, 6.07) is 27.0. The van der Waals surface area contributed by atoms with Crippen molar-refractivity contribution in [2.45, 2.75) is 26.7 Å². The lowest BCUT2D eigenvalue weighted by Gasteiger charge is -2.29. The van der Waals surface area contributed by atoms with Crippen LogP contribution >= 0.6 is 0 Å². The molecule has 3 aromatic carbocycles. The second kappa shape index (κ2) is 7.68. The number of aryl methyl sites for hydroxylation is 2. The lowest BCUT2D eigenvalue weighted by atomic mass is 10.0. The Labute approximate surface area is 150 Å². The lowest BCUT2D eigenvalue weighted by molar-refractivity contribution is 1.09. The molecule has 3 rings (SSSR count). The van der Waals surface area contributed by atoms with Crippen LogP contribution < -0.4 is 4.90 Å². The smallest absolute Gasteiger partial charge is 0.0992 e. The van der Waals surface area contributed by atoms with Crippen LogP contribution in [-0.4, -0.2) is 0 Å². The van der Waals surface area contributed by atoms with Crippen LogP contribution in [0.15, 0.2) is 72.8 Å². The van der Waals surface area contributed by atoms with E-state index in [0.29, 0.717) is 5.56 Å². The van der Waals surface area contributed by atoms with Gasteiger partial charge in [0.15, 0.2) is 0 Å². The van der Waals surface area contributed by atoms with Crippen molar-refractivity contribution in [2.75, 3.05) is 4.90 Å². The van der Waals surface area contributed by atoms with Crippen molar-refractivity contribution in [1.29, 1.82) is 5.26 Å². The number of hydrogen-bond donors (Lipinski definition) is 0. The van der Waals surface area contributed by atoms with Gasteiger partial charge in [0.05, 0.1) is 11.6 Å². The van der Waals surface area contributed by atoms with Gasteiger partial charge in [0, 0.05) is 17.1 Å². The molecule has 0 bridgehead atoms. The summed E-state index contributed by atoms with van der Waals surface area (Å²) in [5.74, 6) is 0. The van der Waals surface area contributed by atoms with Crippen molar-refractivity contribution >= 4 is 17.1 Å². The third-order valence-corrected chi connectivity index (χ3v) is 4.46. The highest BCUT2D eigenvalue weighted by Gasteiger charge is 2.17. The van der Waals surface area contributed by atoms with Crippen molar-refractivity contribution in [2.24, 2.45) is 0 Å². The Morgan fingerprint density at radius 1 is 0.760 bits per heavy atom. The van der Waals surface area contributed by atoms with E-state index in [0.717, 1.165) is 18.5 Å². The molecule has 0 saturated heterocycles. The Balaban J connectivity index is 2.27. The predicted molar refractivity (Wildman–Crippen MR) is 105 cm³/mol. The largest absolute Gasteiger partial charge is 0.310 e. The zero-order valence-corrected chi connectivity index (χ0v) is 14.7. The van der Waals surface area contributed by atoms with Gasteiger partial charge in [0.1, 0.15) is 0 Å². The van der Waals surface area contributed by atoms with Crippen molar-refractivity contribution in [1.82, 2.24) is 0 Å². The summed E-state index contributed by atoms with van der Waals surface area (Å²) in [5, 5.41) is 9.32. The minimum absolute atomic E-state index is 0.672. The second-order valence-electron chi connectivity index (χ2n) is 5.96. The molecule has 2 heteroatoms. The summed E-state index contributed by atoms with van der Waals surface area (Å²) >= 11 is 0. The van der Waals surface area contributed by atoms with Gasteiger partial charge in [-0.05, 0) is 54.3 Å². The Kier molecular flexibility index (Phi) is 5.16. The summed E-state index contributed by atoms with van der Waals surface area (Å²) in [4.78, 5) is 2.28. The molecule has 124 valence electrons. The van der Waals surface area contributed by atoms with Gasteiger partial charge in [0.2, 0.25) is 0 Å². The van der Waals surface area contributed by atoms with E-state index in [9.17, 15) is 5.26 Å². The molecule has 0 aliphatic carbocycles. The molecule has 0 aliphatic heterocycles. The zero-order chi connectivity index (χ0) is 17.6. The Hall–Kier alpha value is -3.05. The molecule has 0 N–H and O–H groups in total. The van der Waals surface area contributed by atoms with Crippen LogP contribution in [-0.2, 0) is 12.8 Å². The molecule has 0 fully saturated rings. The molecule has 0 aromatic heterocycles. The molecule has 3 aromatic rings. The first-order valence-corrected chi connectivity index (χ1v) is 8.74. The summed E-state index contributed by atoms with van der Waals surface area (Å²) in [5.41, 5.74) is 6.60. The van der Waals surface area contributed by atoms with Crippen molar-refractivity contribution in [3.63, 3.8) is 0 Å². The van der Waals surface area contributed by atoms with E-state index in [-0.39, 0.29) is 0 Å². The molecule has 0 unspecified atom stereocenters. The van der Waals surface area contributed by atoms with Crippen molar-refractivity contribution < 1.29 is 0 Å². The highest BCUT2D eigenvalue weighted by molar-refractivity contribution is 5.80. The molecule has 2 nitrogen and oxygen atoms in total. The van der Waals surface area contributed by atoms with Gasteiger partial charge in [-0.15, -0.1) is 0 Å². The molecule has 25 heavy (non-hydrogen) atoms. The van der Waals surface area contributed by atoms with Crippen LogP contribution in [0.2, 0.25) is 0 Å². The number of nitrogens with zero attached hydrogens (tertiary/aromatic N) is 2. The fraction of sp³-hybridized carbons (Fsp3) is 0.174. The Bertz CT molecular complexity index is 858. The maximum Gasteiger partial charge on any atom is 0.0992 e. The topological polar surface area (TPSA) is 27.0 Å². The van der Waals surface area contributed by atoms with E-state index >= 15 is 0 Å². The summed E-state index contributed by atoms with van der Waals surface area (Å²) in [6.07, 6.45) is 1.91. The molecule has 0 atom stereocenters. The average Bonchev–Trinajstić information content (AvgIpc) is 2.69. The van der Waals surface area contributed by atoms with Gasteiger partial charge in [-0.1, -0.05) is 56.3 Å².